The van der Waals surface area contributed by atoms with E-state index in [1.807, 2.05) is 0 Å². The van der Waals surface area contributed by atoms with Gasteiger partial charge in [-0.25, -0.2) is 0 Å². The fraction of sp³-hybridized carbons (Fsp3) is 0.529. The van der Waals surface area contributed by atoms with Crippen LogP contribution in [0.2, 0.25) is 18.1 Å². The predicted octanol–water partition coefficient (Wildman–Crippen LogP) is 5.80. The minimum Gasteiger partial charge on any atom is -0.410 e. The predicted molar refractivity (Wildman–Crippen MR) is 93.6 cm³/mol. The first-order valence-corrected chi connectivity index (χ1v) is 11.0. The summed E-state index contributed by atoms with van der Waals surface area (Å²) in [4.78, 5) is 0. The molecule has 1 unspecified atom stereocenters. The average Bonchev–Trinajstić information content (AvgIpc) is 2.72. The molecule has 1 aromatic rings. The number of hydrogen-bond acceptors (Lipinski definition) is 1. The lowest BCUT2D eigenvalue weighted by Gasteiger charge is -2.39. The molecule has 0 bridgehead atoms. The van der Waals surface area contributed by atoms with Gasteiger partial charge in [-0.1, -0.05) is 54.9 Å². The Labute approximate surface area is 132 Å². The molecule has 1 atom stereocenters. The van der Waals surface area contributed by atoms with Crippen molar-refractivity contribution in [3.05, 3.63) is 39.9 Å². The Hall–Kier alpha value is -0.383. The van der Waals surface area contributed by atoms with Crippen LogP contribution in [0.1, 0.15) is 38.8 Å². The number of hydrogen-bond donors (Lipinski definition) is 0. The summed E-state index contributed by atoms with van der Waals surface area (Å²) in [5.74, 6) is 0. The van der Waals surface area contributed by atoms with Gasteiger partial charge in [0.2, 0.25) is 0 Å². The van der Waals surface area contributed by atoms with Crippen molar-refractivity contribution in [1.82, 2.24) is 0 Å². The Morgan fingerprint density at radius 2 is 1.90 bits per heavy atom. The highest BCUT2D eigenvalue weighted by atomic mass is 79.9. The second kappa shape index (κ2) is 5.43. The zero-order chi connectivity index (χ0) is 15.1. The Bertz CT molecular complexity index is 540. The second-order valence-electron chi connectivity index (χ2n) is 7.15. The second-order valence-corrected chi connectivity index (χ2v) is 12.8. The van der Waals surface area contributed by atoms with Crippen LogP contribution in [-0.2, 0) is 10.8 Å². The number of fused-ring (bicyclic) bond motifs is 1. The lowest BCUT2D eigenvalue weighted by Crippen LogP contribution is -2.43. The van der Waals surface area contributed by atoms with Gasteiger partial charge >= 0.3 is 0 Å². The van der Waals surface area contributed by atoms with Crippen molar-refractivity contribution in [2.75, 3.05) is 0 Å². The number of halogens is 1. The van der Waals surface area contributed by atoms with Crippen LogP contribution in [-0.4, -0.2) is 14.4 Å². The van der Waals surface area contributed by atoms with Crippen molar-refractivity contribution in [2.24, 2.45) is 0 Å². The van der Waals surface area contributed by atoms with Crippen LogP contribution in [0.25, 0.3) is 5.57 Å². The van der Waals surface area contributed by atoms with Gasteiger partial charge in [0.25, 0.3) is 0 Å². The Balaban J connectivity index is 2.22. The summed E-state index contributed by atoms with van der Waals surface area (Å²) < 4.78 is 7.75. The van der Waals surface area contributed by atoms with E-state index in [1.54, 1.807) is 0 Å². The molecule has 0 aliphatic heterocycles. The fourth-order valence-electron chi connectivity index (χ4n) is 2.43. The zero-order valence-corrected chi connectivity index (χ0v) is 16.0. The summed E-state index contributed by atoms with van der Waals surface area (Å²) in [6, 6.07) is 6.44. The minimum absolute atomic E-state index is 0.173. The van der Waals surface area contributed by atoms with E-state index >= 15 is 0 Å². The van der Waals surface area contributed by atoms with E-state index in [9.17, 15) is 0 Å². The van der Waals surface area contributed by atoms with Gasteiger partial charge in [0, 0.05) is 4.47 Å². The van der Waals surface area contributed by atoms with Gasteiger partial charge in [0.05, 0.1) is 6.10 Å². The fourth-order valence-corrected chi connectivity index (χ4v) is 4.32. The highest BCUT2D eigenvalue weighted by Crippen LogP contribution is 2.41. The van der Waals surface area contributed by atoms with E-state index < -0.39 is 8.32 Å². The van der Waals surface area contributed by atoms with Crippen molar-refractivity contribution in [3.63, 3.8) is 0 Å². The molecule has 1 aliphatic carbocycles. The molecule has 0 amide bonds. The number of allylic oxidation sites excluding steroid dienone is 1. The highest BCUT2D eigenvalue weighted by Gasteiger charge is 2.39. The van der Waals surface area contributed by atoms with E-state index in [0.29, 0.717) is 0 Å². The third-order valence-corrected chi connectivity index (χ3v) is 9.97. The van der Waals surface area contributed by atoms with Crippen LogP contribution in [0.5, 0.6) is 0 Å². The first-order valence-electron chi connectivity index (χ1n) is 7.29. The molecule has 2 rings (SSSR count). The van der Waals surface area contributed by atoms with Gasteiger partial charge < -0.3 is 4.43 Å². The Kier molecular flexibility index (Phi) is 4.34. The first kappa shape index (κ1) is 16.0. The topological polar surface area (TPSA) is 9.23 Å². The van der Waals surface area contributed by atoms with Crippen molar-refractivity contribution in [2.45, 2.75) is 58.4 Å². The van der Waals surface area contributed by atoms with E-state index in [1.165, 1.54) is 21.2 Å². The lowest BCUT2D eigenvalue weighted by atomic mass is 10.0. The standard InChI is InChI=1S/C17H25BrOSi/c1-12(19-20(5,6)17(2,3)4)13-10-11-15-14(13)8-7-9-16(15)18/h7-10,12H,11H2,1-6H3. The molecule has 3 heteroatoms. The summed E-state index contributed by atoms with van der Waals surface area (Å²) >= 11 is 3.65. The van der Waals surface area contributed by atoms with Crippen LogP contribution in [0, 0.1) is 0 Å². The van der Waals surface area contributed by atoms with Gasteiger partial charge in [0.15, 0.2) is 8.32 Å². The molecule has 0 radical (unpaired) electrons. The molecule has 0 N–H and O–H groups in total. The first-order chi connectivity index (χ1) is 9.13. The molecule has 0 saturated carbocycles. The SMILES string of the molecule is CC(O[Si](C)(C)C(C)(C)C)C1=CCc2c(Br)cccc21. The van der Waals surface area contributed by atoms with Crippen LogP contribution in [0.3, 0.4) is 0 Å². The van der Waals surface area contributed by atoms with E-state index in [0.717, 1.165) is 6.42 Å². The minimum atomic E-state index is -1.72. The van der Waals surface area contributed by atoms with Gasteiger partial charge in [-0.2, -0.15) is 0 Å². The molecular formula is C17H25BrOSi. The molecule has 1 aliphatic rings. The maximum absolute atomic E-state index is 6.54. The molecule has 1 nitrogen and oxygen atoms in total. The molecule has 1 aromatic carbocycles. The van der Waals surface area contributed by atoms with E-state index in [4.69, 9.17) is 4.43 Å². The molecule has 0 aromatic heterocycles. The van der Waals surface area contributed by atoms with Gasteiger partial charge in [-0.3, -0.25) is 0 Å². The van der Waals surface area contributed by atoms with Gasteiger partial charge in [-0.15, -0.1) is 0 Å². The van der Waals surface area contributed by atoms with Crippen molar-refractivity contribution in [1.29, 1.82) is 0 Å². The van der Waals surface area contributed by atoms with Gasteiger partial charge in [-0.05, 0) is 54.2 Å². The van der Waals surface area contributed by atoms with Crippen LogP contribution >= 0.6 is 15.9 Å². The molecule has 0 heterocycles. The number of benzene rings is 1. The molecule has 0 saturated heterocycles. The van der Waals surface area contributed by atoms with Crippen LogP contribution in [0.15, 0.2) is 28.7 Å². The highest BCUT2D eigenvalue weighted by molar-refractivity contribution is 9.10. The Morgan fingerprint density at radius 1 is 1.25 bits per heavy atom. The number of rotatable bonds is 3. The third-order valence-electron chi connectivity index (χ3n) is 4.67. The van der Waals surface area contributed by atoms with E-state index in [2.05, 4.69) is 81.0 Å². The third kappa shape index (κ3) is 2.95. The molecule has 0 spiro atoms. The maximum atomic E-state index is 6.54. The maximum Gasteiger partial charge on any atom is 0.192 e. The summed E-state index contributed by atoms with van der Waals surface area (Å²) in [6.45, 7) is 13.7. The summed E-state index contributed by atoms with van der Waals surface area (Å²) in [6.07, 6.45) is 3.51. The van der Waals surface area contributed by atoms with E-state index in [-0.39, 0.29) is 11.1 Å². The quantitative estimate of drug-likeness (QED) is 0.624. The molecular weight excluding hydrogens is 328 g/mol. The monoisotopic (exact) mass is 352 g/mol. The van der Waals surface area contributed by atoms with Crippen molar-refractivity contribution < 1.29 is 4.43 Å². The van der Waals surface area contributed by atoms with Crippen molar-refractivity contribution in [3.8, 4) is 0 Å². The summed E-state index contributed by atoms with van der Waals surface area (Å²) in [5, 5.41) is 0.251. The normalized spacial score (nSPS) is 16.9. The van der Waals surface area contributed by atoms with Gasteiger partial charge in [0.1, 0.15) is 0 Å². The Morgan fingerprint density at radius 3 is 2.50 bits per heavy atom. The summed E-state index contributed by atoms with van der Waals surface area (Å²) in [5.41, 5.74) is 4.10. The van der Waals surface area contributed by atoms with Crippen LogP contribution < -0.4 is 0 Å². The molecule has 110 valence electrons. The lowest BCUT2D eigenvalue weighted by molar-refractivity contribution is 0.251. The average molecular weight is 353 g/mol. The van der Waals surface area contributed by atoms with Crippen LogP contribution in [0.4, 0.5) is 0 Å². The molecule has 0 fully saturated rings. The smallest absolute Gasteiger partial charge is 0.192 e. The largest absolute Gasteiger partial charge is 0.410 e. The zero-order valence-electron chi connectivity index (χ0n) is 13.4. The van der Waals surface area contributed by atoms with Crippen molar-refractivity contribution >= 4 is 29.8 Å². The molecule has 20 heavy (non-hydrogen) atoms. The summed E-state index contributed by atoms with van der Waals surface area (Å²) in [7, 11) is -1.72.